The van der Waals surface area contributed by atoms with Crippen LogP contribution >= 0.6 is 0 Å². The zero-order valence-corrected chi connectivity index (χ0v) is 17.8. The van der Waals surface area contributed by atoms with Gasteiger partial charge in [0.05, 0.1) is 18.7 Å². The predicted octanol–water partition coefficient (Wildman–Crippen LogP) is 2.88. The van der Waals surface area contributed by atoms with Gasteiger partial charge in [0.1, 0.15) is 11.8 Å². The molecule has 0 aromatic heterocycles. The molecule has 1 unspecified atom stereocenters. The molecule has 2 aromatic carbocycles. The Hall–Kier alpha value is -3.55. The van der Waals surface area contributed by atoms with Crippen molar-refractivity contribution in [3.63, 3.8) is 0 Å². The molecule has 5 rings (SSSR count). The molecule has 2 heterocycles. The van der Waals surface area contributed by atoms with E-state index in [1.54, 1.807) is 35.2 Å². The molecule has 8 heteroatoms. The number of ether oxygens (including phenoxy) is 3. The van der Waals surface area contributed by atoms with Gasteiger partial charge < -0.3 is 19.1 Å². The van der Waals surface area contributed by atoms with Crippen LogP contribution in [0, 0.1) is 5.92 Å². The van der Waals surface area contributed by atoms with Gasteiger partial charge in [-0.2, -0.15) is 0 Å². The third kappa shape index (κ3) is 3.77. The monoisotopic (exact) mass is 436 g/mol. The van der Waals surface area contributed by atoms with Gasteiger partial charge >= 0.3 is 0 Å². The van der Waals surface area contributed by atoms with Gasteiger partial charge in [-0.25, -0.2) is 4.90 Å². The number of imide groups is 1. The fourth-order valence-electron chi connectivity index (χ4n) is 4.13. The van der Waals surface area contributed by atoms with E-state index in [0.29, 0.717) is 29.5 Å². The maximum atomic E-state index is 13.3. The number of carbonyl (C=O) groups excluding carboxylic acids is 3. The molecule has 3 aliphatic rings. The number of hydrogen-bond donors (Lipinski definition) is 0. The van der Waals surface area contributed by atoms with Crippen molar-refractivity contribution in [2.75, 3.05) is 18.3 Å². The van der Waals surface area contributed by atoms with Crippen LogP contribution in [0.3, 0.4) is 0 Å². The predicted molar refractivity (Wildman–Crippen MR) is 114 cm³/mol. The fraction of sp³-hybridized carbons (Fsp3) is 0.375. The van der Waals surface area contributed by atoms with E-state index in [0.717, 1.165) is 18.4 Å². The Morgan fingerprint density at radius 3 is 2.56 bits per heavy atom. The number of rotatable bonds is 7. The molecule has 0 bridgehead atoms. The lowest BCUT2D eigenvalue weighted by Crippen LogP contribution is -2.45. The fourth-order valence-corrected chi connectivity index (χ4v) is 4.13. The van der Waals surface area contributed by atoms with Gasteiger partial charge in [-0.3, -0.25) is 14.4 Å². The molecule has 0 N–H and O–H groups in total. The number of benzene rings is 2. The second-order valence-corrected chi connectivity index (χ2v) is 8.14. The minimum absolute atomic E-state index is 0.0327. The summed E-state index contributed by atoms with van der Waals surface area (Å²) in [4.78, 5) is 42.0. The topological polar surface area (TPSA) is 85.4 Å². The summed E-state index contributed by atoms with van der Waals surface area (Å²) in [6, 6.07) is 11.5. The summed E-state index contributed by atoms with van der Waals surface area (Å²) < 4.78 is 16.2. The molecule has 0 spiro atoms. The van der Waals surface area contributed by atoms with E-state index in [2.05, 4.69) is 0 Å². The summed E-state index contributed by atoms with van der Waals surface area (Å²) in [7, 11) is 0. The van der Waals surface area contributed by atoms with E-state index >= 15 is 0 Å². The van der Waals surface area contributed by atoms with Crippen LogP contribution in [0.25, 0.3) is 0 Å². The lowest BCUT2D eigenvalue weighted by molar-refractivity contribution is -0.140. The highest BCUT2D eigenvalue weighted by atomic mass is 16.7. The van der Waals surface area contributed by atoms with Crippen molar-refractivity contribution in [2.24, 2.45) is 5.92 Å². The molecule has 8 nitrogen and oxygen atoms in total. The van der Waals surface area contributed by atoms with E-state index in [9.17, 15) is 14.4 Å². The molecule has 1 aliphatic carbocycles. The molecule has 1 saturated carbocycles. The number of carbonyl (C=O) groups is 3. The van der Waals surface area contributed by atoms with Gasteiger partial charge in [0.15, 0.2) is 11.5 Å². The zero-order chi connectivity index (χ0) is 22.2. The van der Waals surface area contributed by atoms with Crippen molar-refractivity contribution in [3.05, 3.63) is 48.0 Å². The third-order valence-electron chi connectivity index (χ3n) is 5.90. The quantitative estimate of drug-likeness (QED) is 0.621. The molecular weight excluding hydrogens is 412 g/mol. The highest BCUT2D eigenvalue weighted by Crippen LogP contribution is 2.37. The first-order chi connectivity index (χ1) is 15.5. The molecule has 2 aliphatic heterocycles. The molecule has 2 fully saturated rings. The summed E-state index contributed by atoms with van der Waals surface area (Å²) in [6.07, 6.45) is 1.59. The molecule has 166 valence electrons. The highest BCUT2D eigenvalue weighted by Gasteiger charge is 2.47. The number of anilines is 1. The summed E-state index contributed by atoms with van der Waals surface area (Å²) in [6.45, 7) is 2.81. The second-order valence-electron chi connectivity index (χ2n) is 8.14. The normalized spacial score (nSPS) is 19.4. The van der Waals surface area contributed by atoms with Crippen LogP contribution in [0.1, 0.15) is 31.7 Å². The summed E-state index contributed by atoms with van der Waals surface area (Å²) in [5, 5.41) is 0. The number of hydrogen-bond acceptors (Lipinski definition) is 6. The maximum absolute atomic E-state index is 13.3. The molecular formula is C24H24N2O6. The minimum atomic E-state index is -0.826. The Morgan fingerprint density at radius 1 is 1.09 bits per heavy atom. The summed E-state index contributed by atoms with van der Waals surface area (Å²) in [5.41, 5.74) is 1.30. The Balaban J connectivity index is 1.39. The van der Waals surface area contributed by atoms with Crippen molar-refractivity contribution in [1.82, 2.24) is 4.90 Å². The van der Waals surface area contributed by atoms with Crippen LogP contribution in [0.15, 0.2) is 42.5 Å². The highest BCUT2D eigenvalue weighted by molar-refractivity contribution is 6.23. The van der Waals surface area contributed by atoms with Crippen molar-refractivity contribution in [2.45, 2.75) is 38.8 Å². The first-order valence-corrected chi connectivity index (χ1v) is 10.8. The lowest BCUT2D eigenvalue weighted by atomic mass is 10.1. The molecule has 32 heavy (non-hydrogen) atoms. The van der Waals surface area contributed by atoms with Gasteiger partial charge in [0.2, 0.25) is 18.6 Å². The largest absolute Gasteiger partial charge is 0.494 e. The van der Waals surface area contributed by atoms with Gasteiger partial charge in [0.25, 0.3) is 5.91 Å². The SMILES string of the molecule is CCOc1ccc(N2C(=O)CC(N(Cc3ccc4c(c3)OCO4)C(=O)C3CC3)C2=O)cc1. The van der Waals surface area contributed by atoms with Crippen molar-refractivity contribution in [3.8, 4) is 17.2 Å². The number of nitrogens with zero attached hydrogens (tertiary/aromatic N) is 2. The smallest absolute Gasteiger partial charge is 0.257 e. The van der Waals surface area contributed by atoms with Crippen LogP contribution in [-0.4, -0.2) is 42.1 Å². The van der Waals surface area contributed by atoms with E-state index < -0.39 is 6.04 Å². The van der Waals surface area contributed by atoms with Crippen molar-refractivity contribution in [1.29, 1.82) is 0 Å². The van der Waals surface area contributed by atoms with Gasteiger partial charge in [-0.1, -0.05) is 6.07 Å². The average molecular weight is 436 g/mol. The summed E-state index contributed by atoms with van der Waals surface area (Å²) >= 11 is 0. The van der Waals surface area contributed by atoms with E-state index in [-0.39, 0.29) is 43.4 Å². The van der Waals surface area contributed by atoms with Crippen molar-refractivity contribution < 1.29 is 28.6 Å². The molecule has 3 amide bonds. The van der Waals surface area contributed by atoms with Crippen LogP contribution in [-0.2, 0) is 20.9 Å². The van der Waals surface area contributed by atoms with Crippen LogP contribution in [0.5, 0.6) is 17.2 Å². The van der Waals surface area contributed by atoms with Crippen molar-refractivity contribution >= 4 is 23.4 Å². The Morgan fingerprint density at radius 2 is 1.84 bits per heavy atom. The van der Waals surface area contributed by atoms with Crippen LogP contribution in [0.2, 0.25) is 0 Å². The molecule has 1 saturated heterocycles. The minimum Gasteiger partial charge on any atom is -0.494 e. The van der Waals surface area contributed by atoms with E-state index in [1.807, 2.05) is 19.1 Å². The van der Waals surface area contributed by atoms with Crippen LogP contribution < -0.4 is 19.1 Å². The number of amides is 3. The zero-order valence-electron chi connectivity index (χ0n) is 17.8. The van der Waals surface area contributed by atoms with Gasteiger partial charge in [-0.05, 0) is 61.7 Å². The molecule has 2 aromatic rings. The van der Waals surface area contributed by atoms with Gasteiger partial charge in [-0.15, -0.1) is 0 Å². The standard InChI is InChI=1S/C24H24N2O6/c1-2-30-18-8-6-17(7-9-18)26-22(27)12-19(24(26)29)25(23(28)16-4-5-16)13-15-3-10-20-21(11-15)32-14-31-20/h3,6-11,16,19H,2,4-5,12-14H2,1H3. The first kappa shape index (κ1) is 20.4. The number of fused-ring (bicyclic) bond motifs is 1. The van der Waals surface area contributed by atoms with E-state index in [1.165, 1.54) is 4.90 Å². The van der Waals surface area contributed by atoms with E-state index in [4.69, 9.17) is 14.2 Å². The maximum Gasteiger partial charge on any atom is 0.257 e. The van der Waals surface area contributed by atoms with Gasteiger partial charge in [0, 0.05) is 12.5 Å². The lowest BCUT2D eigenvalue weighted by Gasteiger charge is -2.28. The third-order valence-corrected chi connectivity index (χ3v) is 5.90. The Kier molecular flexibility index (Phi) is 5.20. The average Bonchev–Trinajstić information content (AvgIpc) is 3.47. The van der Waals surface area contributed by atoms with Crippen LogP contribution in [0.4, 0.5) is 5.69 Å². The Bertz CT molecular complexity index is 1060. The second kappa shape index (κ2) is 8.18. The first-order valence-electron chi connectivity index (χ1n) is 10.8. The summed E-state index contributed by atoms with van der Waals surface area (Å²) in [5.74, 6) is 1.08. The Labute approximate surface area is 185 Å². The molecule has 0 radical (unpaired) electrons. The molecule has 1 atom stereocenters.